The zero-order valence-electron chi connectivity index (χ0n) is 4.73. The van der Waals surface area contributed by atoms with Crippen LogP contribution in [0.4, 0.5) is 0 Å². The second kappa shape index (κ2) is 4.71. The first kappa shape index (κ1) is 7.56. The minimum atomic E-state index is -2.39. The summed E-state index contributed by atoms with van der Waals surface area (Å²) >= 11 is -2.39. The van der Waals surface area contributed by atoms with Crippen molar-refractivity contribution < 1.29 is 6.15 Å². The van der Waals surface area contributed by atoms with Gasteiger partial charge in [-0.25, -0.2) is 0 Å². The summed E-state index contributed by atoms with van der Waals surface area (Å²) in [5.41, 5.74) is 0. The Bertz CT molecular complexity index is 62.7. The molecule has 0 rings (SSSR count). The molecule has 3 heteroatoms. The van der Waals surface area contributed by atoms with Crippen LogP contribution in [0.1, 0.15) is 13.3 Å². The van der Waals surface area contributed by atoms with Crippen molar-refractivity contribution in [3.63, 3.8) is 0 Å². The van der Waals surface area contributed by atoms with Gasteiger partial charge in [-0.05, 0) is 0 Å². The van der Waals surface area contributed by atoms with E-state index in [0.717, 1.165) is 6.42 Å². The summed E-state index contributed by atoms with van der Waals surface area (Å²) < 4.78 is 15.1. The molecule has 0 heterocycles. The fourth-order valence-electron chi connectivity index (χ4n) is 0.246. The molecular formula is C4H10O2Sn. The van der Waals surface area contributed by atoms with E-state index in [1.54, 1.807) is 4.94 Å². The Balaban J connectivity index is 2.82. The van der Waals surface area contributed by atoms with E-state index in [1.165, 1.54) is 0 Å². The van der Waals surface area contributed by atoms with Crippen LogP contribution < -0.4 is 0 Å². The minimum absolute atomic E-state index is 0.675. The molecule has 0 amide bonds. The van der Waals surface area contributed by atoms with Crippen molar-refractivity contribution >= 4 is 20.2 Å². The van der Waals surface area contributed by atoms with Gasteiger partial charge in [-0.15, -0.1) is 0 Å². The van der Waals surface area contributed by atoms with Crippen LogP contribution in [0.3, 0.4) is 0 Å². The predicted octanol–water partition coefficient (Wildman–Crippen LogP) is 0.962. The molecule has 0 aliphatic heterocycles. The average Bonchev–Trinajstić information content (AvgIpc) is 1.61. The Hall–Kier alpha value is 0.559. The third-order valence-corrected chi connectivity index (χ3v) is 2.25. The van der Waals surface area contributed by atoms with Crippen LogP contribution in [0, 0.1) is 0 Å². The molecule has 0 aromatic rings. The number of hydrogen-bond donors (Lipinski definition) is 0. The summed E-state index contributed by atoms with van der Waals surface area (Å²) in [5.74, 6) is 0. The van der Waals surface area contributed by atoms with Crippen molar-refractivity contribution in [3.05, 3.63) is 0 Å². The maximum atomic E-state index is 10.3. The fraction of sp³-hybridized carbons (Fsp3) is 1.00. The Kier molecular flexibility index (Phi) is 5.09. The van der Waals surface area contributed by atoms with E-state index in [0.29, 0.717) is 6.61 Å². The molecule has 0 aliphatic carbocycles. The first-order valence-electron chi connectivity index (χ1n) is 2.40. The first-order chi connectivity index (χ1) is 3.27. The van der Waals surface area contributed by atoms with Crippen molar-refractivity contribution in [2.24, 2.45) is 0 Å². The third-order valence-electron chi connectivity index (χ3n) is 0.509. The summed E-state index contributed by atoms with van der Waals surface area (Å²) in [6, 6.07) is 0. The zero-order valence-corrected chi connectivity index (χ0v) is 7.58. The molecular weight excluding hydrogens is 199 g/mol. The molecule has 0 bridgehead atoms. The van der Waals surface area contributed by atoms with Crippen LogP contribution in [0.5, 0.6) is 0 Å². The monoisotopic (exact) mass is 210 g/mol. The molecule has 0 atom stereocenters. The molecule has 0 radical (unpaired) electrons. The van der Waals surface area contributed by atoms with E-state index < -0.39 is 20.2 Å². The molecule has 0 aliphatic rings. The molecule has 0 aromatic heterocycles. The Labute approximate surface area is 51.5 Å². The standard InChI is InChI=1S/C3H7O.CH3.O.Sn/c1-2-3-4;;;/h2-3H2,1H3;1H3;;/q-1;;;+1. The van der Waals surface area contributed by atoms with Crippen LogP contribution >= 0.6 is 0 Å². The van der Waals surface area contributed by atoms with E-state index in [4.69, 9.17) is 3.07 Å². The van der Waals surface area contributed by atoms with Crippen LogP contribution in [-0.2, 0) is 6.15 Å². The van der Waals surface area contributed by atoms with Gasteiger partial charge in [0.2, 0.25) is 0 Å². The van der Waals surface area contributed by atoms with Crippen molar-refractivity contribution in [1.29, 1.82) is 0 Å². The maximum absolute atomic E-state index is 10.3. The van der Waals surface area contributed by atoms with E-state index in [9.17, 15) is 3.08 Å². The predicted molar refractivity (Wildman–Crippen MR) is 28.5 cm³/mol. The molecule has 42 valence electrons. The number of hydrogen-bond acceptors (Lipinski definition) is 2. The van der Waals surface area contributed by atoms with Crippen LogP contribution in [0.15, 0.2) is 0 Å². The van der Waals surface area contributed by atoms with Gasteiger partial charge in [-0.1, -0.05) is 0 Å². The van der Waals surface area contributed by atoms with Gasteiger partial charge in [0.25, 0.3) is 0 Å². The zero-order chi connectivity index (χ0) is 5.70. The molecule has 0 aromatic carbocycles. The second-order valence-corrected chi connectivity index (χ2v) is 4.97. The normalized spacial score (nSPS) is 8.86. The van der Waals surface area contributed by atoms with Crippen molar-refractivity contribution in [1.82, 2.24) is 0 Å². The molecule has 0 fully saturated rings. The Morgan fingerprint density at radius 1 is 1.71 bits per heavy atom. The molecule has 7 heavy (non-hydrogen) atoms. The van der Waals surface area contributed by atoms with E-state index >= 15 is 0 Å². The van der Waals surface area contributed by atoms with Crippen molar-refractivity contribution in [2.75, 3.05) is 6.61 Å². The molecule has 0 spiro atoms. The first-order valence-corrected chi connectivity index (χ1v) is 7.59. The van der Waals surface area contributed by atoms with Gasteiger partial charge in [0.15, 0.2) is 0 Å². The van der Waals surface area contributed by atoms with Gasteiger partial charge in [0, 0.05) is 0 Å². The molecule has 0 unspecified atom stereocenters. The molecule has 0 N–H and O–H groups in total. The summed E-state index contributed by atoms with van der Waals surface area (Å²) in [5, 5.41) is 0. The number of rotatable bonds is 3. The van der Waals surface area contributed by atoms with Crippen LogP contribution in [0.25, 0.3) is 0 Å². The van der Waals surface area contributed by atoms with E-state index in [-0.39, 0.29) is 0 Å². The quantitative estimate of drug-likeness (QED) is 0.647. The summed E-state index contributed by atoms with van der Waals surface area (Å²) in [4.78, 5) is 1.69. The third kappa shape index (κ3) is 6.56. The van der Waals surface area contributed by atoms with Crippen molar-refractivity contribution in [3.8, 4) is 0 Å². The molecule has 0 saturated heterocycles. The molecule has 0 saturated carbocycles. The van der Waals surface area contributed by atoms with Gasteiger partial charge in [-0.2, -0.15) is 0 Å². The van der Waals surface area contributed by atoms with E-state index in [1.807, 2.05) is 6.92 Å². The van der Waals surface area contributed by atoms with Crippen molar-refractivity contribution in [2.45, 2.75) is 18.3 Å². The summed E-state index contributed by atoms with van der Waals surface area (Å²) in [6.45, 7) is 2.68. The van der Waals surface area contributed by atoms with Gasteiger partial charge in [0.1, 0.15) is 0 Å². The Morgan fingerprint density at radius 2 is 2.29 bits per heavy atom. The van der Waals surface area contributed by atoms with E-state index in [2.05, 4.69) is 0 Å². The van der Waals surface area contributed by atoms with Gasteiger partial charge in [0.05, 0.1) is 0 Å². The average molecular weight is 209 g/mol. The SMILES string of the molecule is CCC[O][Sn]([CH3])=[O]. The summed E-state index contributed by atoms with van der Waals surface area (Å²) in [7, 11) is 0. The second-order valence-electron chi connectivity index (χ2n) is 1.34. The van der Waals surface area contributed by atoms with Gasteiger partial charge in [-0.3, -0.25) is 0 Å². The van der Waals surface area contributed by atoms with Gasteiger partial charge >= 0.3 is 51.2 Å². The van der Waals surface area contributed by atoms with Crippen LogP contribution in [-0.4, -0.2) is 26.8 Å². The fourth-order valence-corrected chi connectivity index (χ4v) is 1.65. The summed E-state index contributed by atoms with van der Waals surface area (Å²) in [6.07, 6.45) is 0.972. The Morgan fingerprint density at radius 3 is 2.43 bits per heavy atom. The van der Waals surface area contributed by atoms with Gasteiger partial charge < -0.3 is 0 Å². The van der Waals surface area contributed by atoms with Crippen LogP contribution in [0.2, 0.25) is 4.94 Å². The molecule has 2 nitrogen and oxygen atoms in total. The topological polar surface area (TPSA) is 26.3 Å².